The van der Waals surface area contributed by atoms with Crippen molar-refractivity contribution in [2.45, 2.75) is 129 Å². The highest BCUT2D eigenvalue weighted by Gasteiger charge is 2.15. The minimum absolute atomic E-state index is 0.217. The molecule has 0 aromatic rings. The molecule has 2 atom stereocenters. The number of aliphatic hydroxyl groups is 3. The molecule has 4 heteroatoms. The molecule has 28 heavy (non-hydrogen) atoms. The molecule has 0 saturated heterocycles. The maximum atomic E-state index is 10.4. The predicted octanol–water partition coefficient (Wildman–Crippen LogP) is 5.28. The maximum absolute atomic E-state index is 10.4. The molecule has 0 aliphatic heterocycles. The first kappa shape index (κ1) is 27.8. The molecular weight excluding hydrogens is 350 g/mol. The van der Waals surface area contributed by atoms with Crippen molar-refractivity contribution in [1.82, 2.24) is 4.90 Å². The van der Waals surface area contributed by atoms with E-state index in [4.69, 9.17) is 5.11 Å². The van der Waals surface area contributed by atoms with E-state index in [-0.39, 0.29) is 18.8 Å². The van der Waals surface area contributed by atoms with Crippen LogP contribution in [0.4, 0.5) is 0 Å². The van der Waals surface area contributed by atoms with E-state index in [0.717, 1.165) is 45.1 Å². The van der Waals surface area contributed by atoms with Crippen LogP contribution in [0.5, 0.6) is 0 Å². The fraction of sp³-hybridized carbons (Fsp3) is 1.00. The van der Waals surface area contributed by atoms with Crippen LogP contribution in [-0.2, 0) is 0 Å². The van der Waals surface area contributed by atoms with E-state index >= 15 is 0 Å². The average molecular weight is 402 g/mol. The summed E-state index contributed by atoms with van der Waals surface area (Å²) in [5, 5.41) is 29.9. The van der Waals surface area contributed by atoms with Gasteiger partial charge in [0.05, 0.1) is 12.2 Å². The van der Waals surface area contributed by atoms with Crippen LogP contribution in [0.1, 0.15) is 117 Å². The number of rotatable bonds is 22. The third-order valence-corrected chi connectivity index (χ3v) is 5.60. The minimum Gasteiger partial charge on any atom is -0.396 e. The van der Waals surface area contributed by atoms with Gasteiger partial charge in [0.25, 0.3) is 0 Å². The van der Waals surface area contributed by atoms with Crippen LogP contribution in [0.25, 0.3) is 0 Å². The number of unbranched alkanes of at least 4 members (excludes halogenated alkanes) is 11. The van der Waals surface area contributed by atoms with Crippen molar-refractivity contribution in [2.75, 3.05) is 26.2 Å². The predicted molar refractivity (Wildman–Crippen MR) is 121 cm³/mol. The second-order valence-electron chi connectivity index (χ2n) is 8.61. The molecular formula is C24H51NO3. The van der Waals surface area contributed by atoms with E-state index in [2.05, 4.69) is 18.7 Å². The standard InChI is InChI=1S/C24H51NO3/c1-3-5-7-9-11-13-17-23(27)21-25(19-15-16-20-26)22-24(28)18-14-12-10-8-6-4-2/h23-24,26-28H,3-22H2,1-2H3. The summed E-state index contributed by atoms with van der Waals surface area (Å²) in [6, 6.07) is 0. The quantitative estimate of drug-likeness (QED) is 0.216. The highest BCUT2D eigenvalue weighted by molar-refractivity contribution is 4.70. The van der Waals surface area contributed by atoms with Gasteiger partial charge in [0.2, 0.25) is 0 Å². The largest absolute Gasteiger partial charge is 0.396 e. The van der Waals surface area contributed by atoms with Crippen molar-refractivity contribution < 1.29 is 15.3 Å². The summed E-state index contributed by atoms with van der Waals surface area (Å²) in [4.78, 5) is 2.21. The molecule has 0 bridgehead atoms. The van der Waals surface area contributed by atoms with Gasteiger partial charge < -0.3 is 15.3 Å². The summed E-state index contributed by atoms with van der Waals surface area (Å²) in [5.74, 6) is 0. The lowest BCUT2D eigenvalue weighted by atomic mass is 10.1. The van der Waals surface area contributed by atoms with Gasteiger partial charge in [-0.3, -0.25) is 4.90 Å². The van der Waals surface area contributed by atoms with Crippen LogP contribution in [0.15, 0.2) is 0 Å². The van der Waals surface area contributed by atoms with Gasteiger partial charge in [-0.1, -0.05) is 90.9 Å². The molecule has 0 saturated carbocycles. The van der Waals surface area contributed by atoms with Gasteiger partial charge in [0, 0.05) is 19.7 Å². The normalized spacial score (nSPS) is 13.9. The topological polar surface area (TPSA) is 63.9 Å². The molecule has 3 N–H and O–H groups in total. The van der Waals surface area contributed by atoms with Crippen molar-refractivity contribution in [3.05, 3.63) is 0 Å². The average Bonchev–Trinajstić information content (AvgIpc) is 2.67. The van der Waals surface area contributed by atoms with Crippen molar-refractivity contribution >= 4 is 0 Å². The fourth-order valence-electron chi connectivity index (χ4n) is 3.80. The van der Waals surface area contributed by atoms with Gasteiger partial charge in [0.1, 0.15) is 0 Å². The summed E-state index contributed by atoms with van der Waals surface area (Å²) in [6.07, 6.45) is 17.8. The fourth-order valence-corrected chi connectivity index (χ4v) is 3.80. The van der Waals surface area contributed by atoms with Gasteiger partial charge >= 0.3 is 0 Å². The van der Waals surface area contributed by atoms with Crippen LogP contribution in [0.2, 0.25) is 0 Å². The molecule has 170 valence electrons. The molecule has 0 aromatic carbocycles. The van der Waals surface area contributed by atoms with Gasteiger partial charge in [-0.25, -0.2) is 0 Å². The third kappa shape index (κ3) is 19.2. The van der Waals surface area contributed by atoms with Crippen LogP contribution in [0.3, 0.4) is 0 Å². The Morgan fingerprint density at radius 3 is 1.43 bits per heavy atom. The van der Waals surface area contributed by atoms with Crippen molar-refractivity contribution in [2.24, 2.45) is 0 Å². The molecule has 0 amide bonds. The van der Waals surface area contributed by atoms with Crippen LogP contribution in [-0.4, -0.2) is 58.7 Å². The monoisotopic (exact) mass is 401 g/mol. The first-order valence-corrected chi connectivity index (χ1v) is 12.3. The van der Waals surface area contributed by atoms with E-state index in [1.54, 1.807) is 0 Å². The van der Waals surface area contributed by atoms with Crippen LogP contribution in [0, 0.1) is 0 Å². The molecule has 0 spiro atoms. The Balaban J connectivity index is 4.04. The van der Waals surface area contributed by atoms with E-state index in [9.17, 15) is 10.2 Å². The summed E-state index contributed by atoms with van der Waals surface area (Å²) < 4.78 is 0. The molecule has 0 heterocycles. The zero-order valence-electron chi connectivity index (χ0n) is 19.1. The SMILES string of the molecule is CCCCCCCCC(O)CN(CCCCO)CC(O)CCCCCCCC. The van der Waals surface area contributed by atoms with E-state index in [0.29, 0.717) is 13.1 Å². The van der Waals surface area contributed by atoms with Crippen molar-refractivity contribution in [1.29, 1.82) is 0 Å². The Morgan fingerprint density at radius 1 is 0.571 bits per heavy atom. The molecule has 0 aliphatic carbocycles. The summed E-state index contributed by atoms with van der Waals surface area (Å²) in [5.41, 5.74) is 0. The van der Waals surface area contributed by atoms with Gasteiger partial charge in [-0.05, 0) is 32.2 Å². The number of nitrogens with zero attached hydrogens (tertiary/aromatic N) is 1. The number of hydrogen-bond acceptors (Lipinski definition) is 4. The molecule has 0 fully saturated rings. The Labute approximate surface area is 175 Å². The van der Waals surface area contributed by atoms with Crippen molar-refractivity contribution in [3.63, 3.8) is 0 Å². The highest BCUT2D eigenvalue weighted by atomic mass is 16.3. The second kappa shape index (κ2) is 21.5. The van der Waals surface area contributed by atoms with Gasteiger partial charge in [0.15, 0.2) is 0 Å². The molecule has 0 radical (unpaired) electrons. The van der Waals surface area contributed by atoms with Crippen LogP contribution < -0.4 is 0 Å². The highest BCUT2D eigenvalue weighted by Crippen LogP contribution is 2.12. The Hall–Kier alpha value is -0.160. The summed E-state index contributed by atoms with van der Waals surface area (Å²) in [7, 11) is 0. The van der Waals surface area contributed by atoms with E-state index < -0.39 is 0 Å². The zero-order chi connectivity index (χ0) is 20.9. The maximum Gasteiger partial charge on any atom is 0.0667 e. The first-order valence-electron chi connectivity index (χ1n) is 12.3. The lowest BCUT2D eigenvalue weighted by molar-refractivity contribution is 0.0590. The summed E-state index contributed by atoms with van der Waals surface area (Å²) >= 11 is 0. The van der Waals surface area contributed by atoms with Gasteiger partial charge in [-0.15, -0.1) is 0 Å². The number of hydrogen-bond donors (Lipinski definition) is 3. The Morgan fingerprint density at radius 2 is 1.00 bits per heavy atom. The second-order valence-corrected chi connectivity index (χ2v) is 8.61. The van der Waals surface area contributed by atoms with Crippen molar-refractivity contribution in [3.8, 4) is 0 Å². The van der Waals surface area contributed by atoms with Gasteiger partial charge in [-0.2, -0.15) is 0 Å². The molecule has 2 unspecified atom stereocenters. The number of aliphatic hydroxyl groups excluding tert-OH is 3. The Kier molecular flexibility index (Phi) is 21.4. The summed E-state index contributed by atoms with van der Waals surface area (Å²) in [6.45, 7) is 6.82. The zero-order valence-corrected chi connectivity index (χ0v) is 19.1. The molecule has 0 rings (SSSR count). The lowest BCUT2D eigenvalue weighted by Gasteiger charge is -2.27. The lowest BCUT2D eigenvalue weighted by Crippen LogP contribution is -2.38. The molecule has 0 aliphatic rings. The smallest absolute Gasteiger partial charge is 0.0667 e. The van der Waals surface area contributed by atoms with E-state index in [1.165, 1.54) is 64.2 Å². The molecule has 0 aromatic heterocycles. The minimum atomic E-state index is -0.304. The first-order chi connectivity index (χ1) is 13.6. The van der Waals surface area contributed by atoms with Crippen LogP contribution >= 0.6 is 0 Å². The molecule has 4 nitrogen and oxygen atoms in total. The van der Waals surface area contributed by atoms with E-state index in [1.807, 2.05) is 0 Å². The Bertz CT molecular complexity index is 278. The third-order valence-electron chi connectivity index (χ3n) is 5.60.